The summed E-state index contributed by atoms with van der Waals surface area (Å²) in [6.45, 7) is 0. The molecule has 4 aromatic rings. The van der Waals surface area contributed by atoms with E-state index >= 15 is 0 Å². The molecule has 0 N–H and O–H groups in total. The smallest absolute Gasteiger partial charge is 0.0112 e. The lowest BCUT2D eigenvalue weighted by Gasteiger charge is -2.34. The topological polar surface area (TPSA) is 0 Å². The van der Waals surface area contributed by atoms with Crippen molar-refractivity contribution in [3.63, 3.8) is 0 Å². The fraction of sp³-hybridized carbons (Fsp3) is 0.161. The van der Waals surface area contributed by atoms with Gasteiger partial charge in [0.1, 0.15) is 0 Å². The monoisotopic (exact) mass is 398 g/mol. The minimum Gasteiger partial charge on any atom is -0.0622 e. The van der Waals surface area contributed by atoms with Gasteiger partial charge in [0, 0.05) is 5.41 Å². The number of hydrogen-bond acceptors (Lipinski definition) is 0. The average Bonchev–Trinajstić information content (AvgIpc) is 3.30. The quantitative estimate of drug-likeness (QED) is 0.338. The second kappa shape index (κ2) is 7.39. The van der Waals surface area contributed by atoms with E-state index in [1.165, 1.54) is 39.0 Å². The third-order valence-electron chi connectivity index (χ3n) is 7.35. The molecule has 150 valence electrons. The van der Waals surface area contributed by atoms with Gasteiger partial charge in [0.15, 0.2) is 0 Å². The van der Waals surface area contributed by atoms with E-state index in [9.17, 15) is 0 Å². The van der Waals surface area contributed by atoms with Crippen molar-refractivity contribution in [3.05, 3.63) is 143 Å². The molecule has 2 atom stereocenters. The summed E-state index contributed by atoms with van der Waals surface area (Å²) in [6.07, 6.45) is 5.79. The van der Waals surface area contributed by atoms with Crippen LogP contribution in [0.15, 0.2) is 109 Å². The van der Waals surface area contributed by atoms with Crippen molar-refractivity contribution in [2.24, 2.45) is 5.41 Å². The van der Waals surface area contributed by atoms with Crippen molar-refractivity contribution in [1.29, 1.82) is 0 Å². The minimum absolute atomic E-state index is 0.110. The Bertz CT molecular complexity index is 1250. The Hall–Kier alpha value is -3.38. The maximum atomic E-state index is 2.47. The summed E-state index contributed by atoms with van der Waals surface area (Å²) < 4.78 is 0. The Kier molecular flexibility index (Phi) is 4.39. The van der Waals surface area contributed by atoms with Crippen LogP contribution in [-0.4, -0.2) is 0 Å². The van der Waals surface area contributed by atoms with Crippen molar-refractivity contribution >= 4 is 11.6 Å². The predicted octanol–water partition coefficient (Wildman–Crippen LogP) is 7.35. The first-order valence-electron chi connectivity index (χ1n) is 11.3. The van der Waals surface area contributed by atoms with Crippen LogP contribution in [0.4, 0.5) is 0 Å². The molecule has 0 aliphatic heterocycles. The lowest BCUT2D eigenvalue weighted by atomic mass is 9.68. The molecule has 2 aliphatic rings. The van der Waals surface area contributed by atoms with Crippen LogP contribution in [0, 0.1) is 5.41 Å². The van der Waals surface area contributed by atoms with E-state index in [0.29, 0.717) is 5.92 Å². The summed E-state index contributed by atoms with van der Waals surface area (Å²) in [5, 5.41) is 0. The minimum atomic E-state index is 0.110. The summed E-state index contributed by atoms with van der Waals surface area (Å²) in [6, 6.07) is 40.1. The number of allylic oxidation sites excluding steroid dienone is 1. The standard InChI is InChI=1S/C31H26/c1-3-11-23(12-4-1)19-29-27-17-9-7-15-25(27)21-31(29)22-26-16-8-10-18-28(26)30(31)20-24-13-5-2-6-14-24/h1-19,30H,20-22H2/b29-19+/t30-,31-/m1/s1. The first-order valence-corrected chi connectivity index (χ1v) is 11.3. The van der Waals surface area contributed by atoms with E-state index in [1.54, 1.807) is 0 Å². The summed E-state index contributed by atoms with van der Waals surface area (Å²) in [5.74, 6) is 0.480. The number of benzene rings is 4. The zero-order valence-corrected chi connectivity index (χ0v) is 17.7. The predicted molar refractivity (Wildman–Crippen MR) is 130 cm³/mol. The second-order valence-corrected chi connectivity index (χ2v) is 9.08. The molecule has 0 aromatic heterocycles. The lowest BCUT2D eigenvalue weighted by Crippen LogP contribution is -2.27. The van der Waals surface area contributed by atoms with Gasteiger partial charge >= 0.3 is 0 Å². The Morgan fingerprint density at radius 1 is 0.645 bits per heavy atom. The number of rotatable bonds is 3. The molecule has 0 amide bonds. The van der Waals surface area contributed by atoms with Crippen molar-refractivity contribution in [2.45, 2.75) is 25.2 Å². The molecular formula is C31H26. The van der Waals surface area contributed by atoms with E-state index in [1.807, 2.05) is 0 Å². The third-order valence-corrected chi connectivity index (χ3v) is 7.35. The Labute approximate surface area is 184 Å². The van der Waals surface area contributed by atoms with Crippen LogP contribution < -0.4 is 0 Å². The molecule has 0 saturated carbocycles. The zero-order chi connectivity index (χ0) is 20.7. The Morgan fingerprint density at radius 2 is 1.26 bits per heavy atom. The molecular weight excluding hydrogens is 372 g/mol. The normalized spacial score (nSPS) is 22.6. The van der Waals surface area contributed by atoms with Crippen molar-refractivity contribution in [2.75, 3.05) is 0 Å². The van der Waals surface area contributed by atoms with Gasteiger partial charge in [-0.05, 0) is 64.1 Å². The molecule has 0 unspecified atom stereocenters. The molecule has 6 rings (SSSR count). The average molecular weight is 399 g/mol. The van der Waals surface area contributed by atoms with Crippen LogP contribution in [0.1, 0.15) is 39.3 Å². The van der Waals surface area contributed by atoms with Gasteiger partial charge in [-0.25, -0.2) is 0 Å². The van der Waals surface area contributed by atoms with E-state index < -0.39 is 0 Å². The van der Waals surface area contributed by atoms with Gasteiger partial charge in [-0.2, -0.15) is 0 Å². The number of fused-ring (bicyclic) bond motifs is 2. The van der Waals surface area contributed by atoms with Gasteiger partial charge in [0.25, 0.3) is 0 Å². The van der Waals surface area contributed by atoms with Gasteiger partial charge in [-0.3, -0.25) is 0 Å². The molecule has 4 aromatic carbocycles. The number of hydrogen-bond donors (Lipinski definition) is 0. The Morgan fingerprint density at radius 3 is 2.06 bits per heavy atom. The van der Waals surface area contributed by atoms with E-state index in [4.69, 9.17) is 0 Å². The van der Waals surface area contributed by atoms with Crippen molar-refractivity contribution in [3.8, 4) is 0 Å². The molecule has 0 heterocycles. The second-order valence-electron chi connectivity index (χ2n) is 9.08. The molecule has 0 fully saturated rings. The van der Waals surface area contributed by atoms with Gasteiger partial charge < -0.3 is 0 Å². The molecule has 0 nitrogen and oxygen atoms in total. The maximum Gasteiger partial charge on any atom is 0.0112 e. The SMILES string of the molecule is C(=C1/c2ccccc2C[C@@]12Cc1ccccc1[C@H]2Cc1ccccc1)/c1ccccc1. The fourth-order valence-electron chi connectivity index (χ4n) is 6.00. The van der Waals surface area contributed by atoms with Crippen LogP contribution in [0.2, 0.25) is 0 Å². The molecule has 0 radical (unpaired) electrons. The molecule has 31 heavy (non-hydrogen) atoms. The van der Waals surface area contributed by atoms with Crippen LogP contribution >= 0.6 is 0 Å². The van der Waals surface area contributed by atoms with Gasteiger partial charge in [-0.1, -0.05) is 115 Å². The molecule has 2 aliphatic carbocycles. The third kappa shape index (κ3) is 3.06. The maximum absolute atomic E-state index is 2.47. The van der Waals surface area contributed by atoms with Gasteiger partial charge in [-0.15, -0.1) is 0 Å². The summed E-state index contributed by atoms with van der Waals surface area (Å²) >= 11 is 0. The largest absolute Gasteiger partial charge is 0.0622 e. The van der Waals surface area contributed by atoms with Gasteiger partial charge in [0.05, 0.1) is 0 Å². The first kappa shape index (κ1) is 18.4. The first-order chi connectivity index (χ1) is 15.3. The molecule has 0 saturated heterocycles. The summed E-state index contributed by atoms with van der Waals surface area (Å²) in [7, 11) is 0. The van der Waals surface area contributed by atoms with Crippen molar-refractivity contribution in [1.82, 2.24) is 0 Å². The van der Waals surface area contributed by atoms with Crippen LogP contribution in [0.25, 0.3) is 11.6 Å². The van der Waals surface area contributed by atoms with Crippen LogP contribution in [0.3, 0.4) is 0 Å². The van der Waals surface area contributed by atoms with Crippen LogP contribution in [0.5, 0.6) is 0 Å². The molecule has 0 heteroatoms. The molecule has 0 bridgehead atoms. The highest BCUT2D eigenvalue weighted by molar-refractivity contribution is 5.90. The van der Waals surface area contributed by atoms with E-state index in [2.05, 4.69) is 115 Å². The highest BCUT2D eigenvalue weighted by Crippen LogP contribution is 2.61. The van der Waals surface area contributed by atoms with Crippen LogP contribution in [-0.2, 0) is 19.3 Å². The fourth-order valence-corrected chi connectivity index (χ4v) is 6.00. The summed E-state index contributed by atoms with van der Waals surface area (Å²) in [5.41, 5.74) is 10.4. The Balaban J connectivity index is 1.55. The zero-order valence-electron chi connectivity index (χ0n) is 17.7. The van der Waals surface area contributed by atoms with Crippen molar-refractivity contribution < 1.29 is 0 Å². The highest BCUT2D eigenvalue weighted by Gasteiger charge is 2.52. The summed E-state index contributed by atoms with van der Waals surface area (Å²) in [4.78, 5) is 0. The lowest BCUT2D eigenvalue weighted by molar-refractivity contribution is 0.353. The highest BCUT2D eigenvalue weighted by atomic mass is 14.5. The van der Waals surface area contributed by atoms with Gasteiger partial charge in [0.2, 0.25) is 0 Å². The van der Waals surface area contributed by atoms with E-state index in [-0.39, 0.29) is 5.41 Å². The van der Waals surface area contributed by atoms with E-state index in [0.717, 1.165) is 19.3 Å². The molecule has 1 spiro atoms.